The first kappa shape index (κ1) is 22.2. The van der Waals surface area contributed by atoms with E-state index >= 15 is 0 Å². The first-order valence-electron chi connectivity index (χ1n) is 9.72. The number of carbonyl (C=O) groups is 1. The Kier molecular flexibility index (Phi) is 7.50. The van der Waals surface area contributed by atoms with Gasteiger partial charge in [-0.25, -0.2) is 5.10 Å². The number of methoxy groups -OCH3 is 1. The number of ether oxygens (including phenoxy) is 1. The second-order valence-corrected chi connectivity index (χ2v) is 6.87. The van der Waals surface area contributed by atoms with Gasteiger partial charge in [0.15, 0.2) is 0 Å². The third kappa shape index (κ3) is 5.54. The number of aromatic nitrogens is 2. The van der Waals surface area contributed by atoms with E-state index in [-0.39, 0.29) is 31.2 Å². The van der Waals surface area contributed by atoms with E-state index in [1.54, 1.807) is 24.3 Å². The van der Waals surface area contributed by atoms with Gasteiger partial charge in [-0.15, -0.1) is 0 Å². The molecule has 1 heterocycles. The highest BCUT2D eigenvalue weighted by molar-refractivity contribution is 6.04. The third-order valence-electron chi connectivity index (χ3n) is 4.61. The molecule has 162 valence electrons. The molecule has 3 rings (SSSR count). The first-order chi connectivity index (χ1) is 15.0. The van der Waals surface area contributed by atoms with Crippen LogP contribution in [0.2, 0.25) is 0 Å². The van der Waals surface area contributed by atoms with Gasteiger partial charge in [0, 0.05) is 48.6 Å². The van der Waals surface area contributed by atoms with Gasteiger partial charge in [0.05, 0.1) is 23.8 Å². The van der Waals surface area contributed by atoms with Gasteiger partial charge in [0.1, 0.15) is 0 Å². The van der Waals surface area contributed by atoms with Crippen molar-refractivity contribution in [3.05, 3.63) is 70.7 Å². The Hall–Kier alpha value is -3.53. The molecule has 0 saturated carbocycles. The topological polar surface area (TPSA) is 142 Å². The SMILES string of the molecule is COCC(O)CN/C=C(\CN)C(=O)Nc1ccc(-c2n[nH]c(=O)c3ccccc23)cc1. The van der Waals surface area contributed by atoms with Crippen LogP contribution in [0.4, 0.5) is 5.69 Å². The number of hydrogen-bond acceptors (Lipinski definition) is 7. The van der Waals surface area contributed by atoms with Crippen molar-refractivity contribution in [2.24, 2.45) is 5.73 Å². The molecule has 0 fully saturated rings. The van der Waals surface area contributed by atoms with Gasteiger partial charge in [-0.3, -0.25) is 9.59 Å². The van der Waals surface area contributed by atoms with E-state index < -0.39 is 6.10 Å². The highest BCUT2D eigenvalue weighted by Gasteiger charge is 2.11. The lowest BCUT2D eigenvalue weighted by atomic mass is 10.0. The normalized spacial score (nSPS) is 12.5. The van der Waals surface area contributed by atoms with Crippen molar-refractivity contribution < 1.29 is 14.6 Å². The third-order valence-corrected chi connectivity index (χ3v) is 4.61. The number of H-pyrrole nitrogens is 1. The highest BCUT2D eigenvalue weighted by atomic mass is 16.5. The Morgan fingerprint density at radius 3 is 2.61 bits per heavy atom. The fraction of sp³-hybridized carbons (Fsp3) is 0.227. The zero-order valence-corrected chi connectivity index (χ0v) is 17.1. The summed E-state index contributed by atoms with van der Waals surface area (Å²) in [6, 6.07) is 14.4. The number of hydrogen-bond donors (Lipinski definition) is 5. The molecule has 1 amide bonds. The molecule has 6 N–H and O–H groups in total. The summed E-state index contributed by atoms with van der Waals surface area (Å²) in [5.41, 5.74) is 7.80. The second-order valence-electron chi connectivity index (χ2n) is 6.87. The maximum absolute atomic E-state index is 12.5. The average molecular weight is 423 g/mol. The molecular formula is C22H25N5O4. The lowest BCUT2D eigenvalue weighted by Crippen LogP contribution is -2.29. The minimum atomic E-state index is -0.687. The van der Waals surface area contributed by atoms with Crippen molar-refractivity contribution in [2.75, 3.05) is 32.1 Å². The molecule has 0 aliphatic carbocycles. The van der Waals surface area contributed by atoms with Crippen LogP contribution in [0.5, 0.6) is 0 Å². The number of nitrogens with two attached hydrogens (primary N) is 1. The molecule has 9 nitrogen and oxygen atoms in total. The van der Waals surface area contributed by atoms with Gasteiger partial charge in [-0.1, -0.05) is 30.3 Å². The number of nitrogens with zero attached hydrogens (tertiary/aromatic N) is 1. The summed E-state index contributed by atoms with van der Waals surface area (Å²) in [6.45, 7) is 0.459. The van der Waals surface area contributed by atoms with Crippen molar-refractivity contribution >= 4 is 22.4 Å². The number of carbonyl (C=O) groups excluding carboxylic acids is 1. The molecule has 0 saturated heterocycles. The smallest absolute Gasteiger partial charge is 0.272 e. The number of aliphatic hydroxyl groups is 1. The molecule has 0 bridgehead atoms. The van der Waals surface area contributed by atoms with Crippen LogP contribution in [0.3, 0.4) is 0 Å². The standard InChI is InChI=1S/C22H25N5O4/c1-31-13-17(28)12-24-11-15(10-23)21(29)25-16-8-6-14(7-9-16)20-18-4-2-3-5-19(18)22(30)27-26-20/h2-9,11,17,24,28H,10,12-13,23H2,1H3,(H,25,29)(H,27,30)/b15-11+. The summed E-state index contributed by atoms with van der Waals surface area (Å²) in [6.07, 6.45) is 0.798. The second kappa shape index (κ2) is 10.5. The molecule has 31 heavy (non-hydrogen) atoms. The average Bonchev–Trinajstić information content (AvgIpc) is 2.78. The van der Waals surface area contributed by atoms with E-state index in [9.17, 15) is 14.7 Å². The Labute approximate surface area is 178 Å². The zero-order chi connectivity index (χ0) is 22.2. The fourth-order valence-electron chi connectivity index (χ4n) is 3.04. The Morgan fingerprint density at radius 1 is 1.23 bits per heavy atom. The molecule has 0 aliphatic rings. The minimum absolute atomic E-state index is 0.0323. The largest absolute Gasteiger partial charge is 0.389 e. The number of anilines is 1. The van der Waals surface area contributed by atoms with E-state index in [0.717, 1.165) is 10.9 Å². The summed E-state index contributed by atoms with van der Waals surface area (Å²) in [7, 11) is 1.50. The van der Waals surface area contributed by atoms with Gasteiger partial charge in [-0.05, 0) is 18.2 Å². The van der Waals surface area contributed by atoms with Crippen molar-refractivity contribution in [3.8, 4) is 11.3 Å². The van der Waals surface area contributed by atoms with Gasteiger partial charge >= 0.3 is 0 Å². The lowest BCUT2D eigenvalue weighted by Gasteiger charge is -2.11. The molecule has 1 unspecified atom stereocenters. The van der Waals surface area contributed by atoms with Gasteiger partial charge in [-0.2, -0.15) is 5.10 Å². The Bertz CT molecular complexity index is 1120. The van der Waals surface area contributed by atoms with E-state index in [0.29, 0.717) is 22.3 Å². The van der Waals surface area contributed by atoms with Crippen molar-refractivity contribution in [2.45, 2.75) is 6.10 Å². The zero-order valence-electron chi connectivity index (χ0n) is 17.1. The Balaban J connectivity index is 1.71. The molecule has 0 radical (unpaired) electrons. The molecular weight excluding hydrogens is 398 g/mol. The van der Waals surface area contributed by atoms with Crippen LogP contribution in [0.1, 0.15) is 0 Å². The first-order valence-corrected chi connectivity index (χ1v) is 9.72. The predicted molar refractivity (Wildman–Crippen MR) is 119 cm³/mol. The monoisotopic (exact) mass is 423 g/mol. The number of rotatable bonds is 9. The Morgan fingerprint density at radius 2 is 1.94 bits per heavy atom. The maximum atomic E-state index is 12.5. The fourth-order valence-corrected chi connectivity index (χ4v) is 3.04. The summed E-state index contributed by atoms with van der Waals surface area (Å²) < 4.78 is 4.85. The van der Waals surface area contributed by atoms with E-state index in [2.05, 4.69) is 20.8 Å². The number of amides is 1. The van der Waals surface area contributed by atoms with Crippen LogP contribution in [0, 0.1) is 0 Å². The number of benzene rings is 2. The lowest BCUT2D eigenvalue weighted by molar-refractivity contribution is -0.112. The number of aliphatic hydroxyl groups excluding tert-OH is 1. The number of fused-ring (bicyclic) bond motifs is 1. The van der Waals surface area contributed by atoms with Gasteiger partial charge < -0.3 is 26.2 Å². The summed E-state index contributed by atoms with van der Waals surface area (Å²) in [5.74, 6) is -0.350. The summed E-state index contributed by atoms with van der Waals surface area (Å²) in [5, 5.41) is 23.3. The van der Waals surface area contributed by atoms with Crippen molar-refractivity contribution in [1.82, 2.24) is 15.5 Å². The van der Waals surface area contributed by atoms with Crippen LogP contribution in [0.25, 0.3) is 22.0 Å². The molecule has 1 atom stereocenters. The molecule has 2 aromatic carbocycles. The van der Waals surface area contributed by atoms with Crippen molar-refractivity contribution in [3.63, 3.8) is 0 Å². The minimum Gasteiger partial charge on any atom is -0.389 e. The van der Waals surface area contributed by atoms with Gasteiger partial charge in [0.2, 0.25) is 0 Å². The van der Waals surface area contributed by atoms with Gasteiger partial charge in [0.25, 0.3) is 11.5 Å². The van der Waals surface area contributed by atoms with Crippen LogP contribution in [-0.4, -0.2) is 54.1 Å². The number of nitrogens with one attached hydrogen (secondary N) is 3. The molecule has 9 heteroatoms. The van der Waals surface area contributed by atoms with Crippen LogP contribution >= 0.6 is 0 Å². The molecule has 0 spiro atoms. The van der Waals surface area contributed by atoms with Crippen LogP contribution < -0.4 is 21.9 Å². The van der Waals surface area contributed by atoms with Crippen LogP contribution in [-0.2, 0) is 9.53 Å². The van der Waals surface area contributed by atoms with E-state index in [4.69, 9.17) is 10.5 Å². The highest BCUT2D eigenvalue weighted by Crippen LogP contribution is 2.25. The van der Waals surface area contributed by atoms with E-state index in [1.807, 2.05) is 24.3 Å². The molecule has 1 aromatic heterocycles. The van der Waals surface area contributed by atoms with Crippen LogP contribution in [0.15, 0.2) is 65.1 Å². The summed E-state index contributed by atoms with van der Waals surface area (Å²) >= 11 is 0. The number of aromatic amines is 1. The molecule has 0 aliphatic heterocycles. The predicted octanol–water partition coefficient (Wildman–Crippen LogP) is 0.968. The summed E-state index contributed by atoms with van der Waals surface area (Å²) in [4.78, 5) is 24.4. The van der Waals surface area contributed by atoms with E-state index in [1.165, 1.54) is 13.3 Å². The van der Waals surface area contributed by atoms with Crippen molar-refractivity contribution in [1.29, 1.82) is 0 Å². The maximum Gasteiger partial charge on any atom is 0.272 e. The quantitative estimate of drug-likeness (QED) is 0.323. The molecule has 3 aromatic rings.